The van der Waals surface area contributed by atoms with E-state index in [1.54, 1.807) is 11.3 Å². The third kappa shape index (κ3) is 3.28. The van der Waals surface area contributed by atoms with E-state index in [9.17, 15) is 0 Å². The minimum Gasteiger partial charge on any atom is -0.324 e. The van der Waals surface area contributed by atoms with Gasteiger partial charge in [-0.15, -0.1) is 11.3 Å². The van der Waals surface area contributed by atoms with Gasteiger partial charge < -0.3 is 5.73 Å². The Labute approximate surface area is 118 Å². The summed E-state index contributed by atoms with van der Waals surface area (Å²) in [5.74, 6) is 0. The Hall–Kier alpha value is -0.420. The number of aromatic nitrogens is 1. The molecule has 1 atom stereocenters. The molecule has 0 aliphatic heterocycles. The van der Waals surface area contributed by atoms with Gasteiger partial charge in [-0.1, -0.05) is 17.7 Å². The first-order valence-corrected chi connectivity index (χ1v) is 7.23. The molecule has 2 rings (SSSR count). The van der Waals surface area contributed by atoms with Gasteiger partial charge in [0.15, 0.2) is 0 Å². The minimum absolute atomic E-state index is 0.0509. The molecule has 90 valence electrons. The molecule has 1 aromatic carbocycles. The lowest BCUT2D eigenvalue weighted by atomic mass is 10.0. The van der Waals surface area contributed by atoms with E-state index < -0.39 is 0 Å². The van der Waals surface area contributed by atoms with Gasteiger partial charge in [-0.25, -0.2) is 4.98 Å². The summed E-state index contributed by atoms with van der Waals surface area (Å²) in [6, 6.07) is 5.72. The quantitative estimate of drug-likeness (QED) is 0.919. The number of benzene rings is 1. The van der Waals surface area contributed by atoms with Crippen molar-refractivity contribution >= 4 is 38.9 Å². The van der Waals surface area contributed by atoms with Crippen LogP contribution in [0.1, 0.15) is 22.3 Å². The molecule has 0 amide bonds. The molecule has 0 fully saturated rings. The second kappa shape index (κ2) is 5.48. The van der Waals surface area contributed by atoms with Crippen LogP contribution in [0.5, 0.6) is 0 Å². The smallest absolute Gasteiger partial charge is 0.0897 e. The Morgan fingerprint density at radius 3 is 2.88 bits per heavy atom. The summed E-state index contributed by atoms with van der Waals surface area (Å²) >= 11 is 11.0. The van der Waals surface area contributed by atoms with Crippen LogP contribution in [0, 0.1) is 6.92 Å². The summed E-state index contributed by atoms with van der Waals surface area (Å²) in [6.07, 6.45) is 0.748. The van der Waals surface area contributed by atoms with Crippen molar-refractivity contribution in [1.82, 2.24) is 4.98 Å². The van der Waals surface area contributed by atoms with Crippen molar-refractivity contribution < 1.29 is 0 Å². The predicted molar refractivity (Wildman–Crippen MR) is 76.6 cm³/mol. The van der Waals surface area contributed by atoms with E-state index in [0.29, 0.717) is 5.02 Å². The number of nitrogens with two attached hydrogens (primary N) is 1. The van der Waals surface area contributed by atoms with Crippen molar-refractivity contribution in [1.29, 1.82) is 0 Å². The maximum Gasteiger partial charge on any atom is 0.0897 e. The highest BCUT2D eigenvalue weighted by atomic mass is 79.9. The minimum atomic E-state index is -0.0509. The fourth-order valence-corrected chi connectivity index (χ4v) is 2.73. The van der Waals surface area contributed by atoms with Gasteiger partial charge in [0, 0.05) is 22.3 Å². The molecule has 2 N–H and O–H groups in total. The van der Waals surface area contributed by atoms with Crippen molar-refractivity contribution in [3.63, 3.8) is 0 Å². The fraction of sp³-hybridized carbons (Fsp3) is 0.250. The second-order valence-electron chi connectivity index (χ2n) is 3.84. The first-order chi connectivity index (χ1) is 8.06. The molecule has 0 spiro atoms. The Morgan fingerprint density at radius 2 is 2.29 bits per heavy atom. The van der Waals surface area contributed by atoms with Gasteiger partial charge in [-0.2, -0.15) is 0 Å². The van der Waals surface area contributed by atoms with Gasteiger partial charge in [0.25, 0.3) is 0 Å². The predicted octanol–water partition coefficient (Wildman–Crippen LogP) is 4.11. The van der Waals surface area contributed by atoms with Crippen LogP contribution in [0.25, 0.3) is 0 Å². The largest absolute Gasteiger partial charge is 0.324 e. The van der Waals surface area contributed by atoms with Crippen LogP contribution in [-0.2, 0) is 6.42 Å². The lowest BCUT2D eigenvalue weighted by Gasteiger charge is -2.11. The van der Waals surface area contributed by atoms with Crippen LogP contribution in [0.3, 0.4) is 0 Å². The number of hydrogen-bond acceptors (Lipinski definition) is 3. The first kappa shape index (κ1) is 13.0. The normalized spacial score (nSPS) is 12.7. The Morgan fingerprint density at radius 1 is 1.53 bits per heavy atom. The molecule has 0 saturated carbocycles. The van der Waals surface area contributed by atoms with E-state index in [4.69, 9.17) is 17.3 Å². The van der Waals surface area contributed by atoms with Gasteiger partial charge in [-0.05, 0) is 40.5 Å². The van der Waals surface area contributed by atoms with E-state index in [-0.39, 0.29) is 6.04 Å². The standard InChI is InChI=1S/C12H12BrClN2S/c1-7-16-9(6-17-7)5-12(15)8-2-3-11(14)10(13)4-8/h2-4,6,12H,5,15H2,1H3. The molecule has 1 aromatic heterocycles. The molecule has 5 heteroatoms. The van der Waals surface area contributed by atoms with Gasteiger partial charge in [-0.3, -0.25) is 0 Å². The highest BCUT2D eigenvalue weighted by Gasteiger charge is 2.10. The first-order valence-electron chi connectivity index (χ1n) is 5.18. The van der Waals surface area contributed by atoms with E-state index in [1.807, 2.05) is 25.1 Å². The van der Waals surface area contributed by atoms with E-state index in [2.05, 4.69) is 26.3 Å². The number of halogens is 2. The number of aryl methyl sites for hydroxylation is 1. The number of thiazole rings is 1. The summed E-state index contributed by atoms with van der Waals surface area (Å²) < 4.78 is 0.876. The van der Waals surface area contributed by atoms with Crippen LogP contribution < -0.4 is 5.73 Å². The van der Waals surface area contributed by atoms with E-state index in [1.165, 1.54) is 0 Å². The maximum absolute atomic E-state index is 6.16. The van der Waals surface area contributed by atoms with Gasteiger partial charge in [0.2, 0.25) is 0 Å². The molecular formula is C12H12BrClN2S. The maximum atomic E-state index is 6.16. The Bertz CT molecular complexity index is 527. The van der Waals surface area contributed by atoms with Crippen LogP contribution >= 0.6 is 38.9 Å². The summed E-state index contributed by atoms with van der Waals surface area (Å²) in [5, 5.41) is 3.83. The third-order valence-electron chi connectivity index (χ3n) is 2.47. The van der Waals surface area contributed by atoms with Gasteiger partial charge in [0.05, 0.1) is 15.7 Å². The topological polar surface area (TPSA) is 38.9 Å². The average molecular weight is 332 g/mol. The molecule has 1 unspecified atom stereocenters. The van der Waals surface area contributed by atoms with Crippen molar-refractivity contribution in [2.45, 2.75) is 19.4 Å². The molecule has 1 heterocycles. The van der Waals surface area contributed by atoms with Crippen LogP contribution in [-0.4, -0.2) is 4.98 Å². The van der Waals surface area contributed by atoms with E-state index in [0.717, 1.165) is 27.2 Å². The zero-order valence-corrected chi connectivity index (χ0v) is 12.4. The van der Waals surface area contributed by atoms with Crippen LogP contribution in [0.2, 0.25) is 5.02 Å². The monoisotopic (exact) mass is 330 g/mol. The highest BCUT2D eigenvalue weighted by molar-refractivity contribution is 9.10. The summed E-state index contributed by atoms with van der Waals surface area (Å²) in [6.45, 7) is 2.00. The number of nitrogens with zero attached hydrogens (tertiary/aromatic N) is 1. The van der Waals surface area contributed by atoms with Gasteiger partial charge in [0.1, 0.15) is 0 Å². The zero-order valence-electron chi connectivity index (χ0n) is 9.28. The summed E-state index contributed by atoms with van der Waals surface area (Å²) in [5.41, 5.74) is 8.27. The molecule has 2 nitrogen and oxygen atoms in total. The van der Waals surface area contributed by atoms with Crippen molar-refractivity contribution in [2.24, 2.45) is 5.73 Å². The van der Waals surface area contributed by atoms with Crippen molar-refractivity contribution in [3.05, 3.63) is 49.3 Å². The Kier molecular flexibility index (Phi) is 4.20. The van der Waals surface area contributed by atoms with Gasteiger partial charge >= 0.3 is 0 Å². The summed E-state index contributed by atoms with van der Waals surface area (Å²) in [7, 11) is 0. The molecular weight excluding hydrogens is 320 g/mol. The molecule has 17 heavy (non-hydrogen) atoms. The zero-order chi connectivity index (χ0) is 12.4. The number of hydrogen-bond donors (Lipinski definition) is 1. The lowest BCUT2D eigenvalue weighted by Crippen LogP contribution is -2.13. The molecule has 0 aliphatic rings. The lowest BCUT2D eigenvalue weighted by molar-refractivity contribution is 0.708. The van der Waals surface area contributed by atoms with E-state index >= 15 is 0 Å². The molecule has 0 bridgehead atoms. The van der Waals surface area contributed by atoms with Crippen molar-refractivity contribution in [3.8, 4) is 0 Å². The number of rotatable bonds is 3. The fourth-order valence-electron chi connectivity index (χ4n) is 1.59. The molecule has 2 aromatic rings. The average Bonchev–Trinajstić information content (AvgIpc) is 2.68. The molecule has 0 aliphatic carbocycles. The molecule has 0 saturated heterocycles. The third-order valence-corrected chi connectivity index (χ3v) is 4.50. The highest BCUT2D eigenvalue weighted by Crippen LogP contribution is 2.26. The molecule has 0 radical (unpaired) electrons. The Balaban J connectivity index is 2.14. The van der Waals surface area contributed by atoms with Crippen LogP contribution in [0.15, 0.2) is 28.1 Å². The van der Waals surface area contributed by atoms with Crippen LogP contribution in [0.4, 0.5) is 0 Å². The SMILES string of the molecule is Cc1nc(CC(N)c2ccc(Cl)c(Br)c2)cs1. The summed E-state index contributed by atoms with van der Waals surface area (Å²) in [4.78, 5) is 4.42. The van der Waals surface area contributed by atoms with Crippen molar-refractivity contribution in [2.75, 3.05) is 0 Å². The second-order valence-corrected chi connectivity index (χ2v) is 6.17.